The zero-order valence-electron chi connectivity index (χ0n) is 8.56. The molecule has 0 aromatic carbocycles. The molecule has 3 N–H and O–H groups in total. The largest absolute Gasteiger partial charge is 0.356 e. The highest BCUT2D eigenvalue weighted by molar-refractivity contribution is 5.91. The van der Waals surface area contributed by atoms with Crippen molar-refractivity contribution in [3.8, 4) is 0 Å². The molecular weight excluding hydrogens is 148 g/mol. The molecule has 1 saturated carbocycles. The minimum absolute atomic E-state index is 0.342. The second-order valence-electron chi connectivity index (χ2n) is 4.34. The zero-order valence-corrected chi connectivity index (χ0v) is 8.56. The molecule has 1 aliphatic rings. The van der Waals surface area contributed by atoms with Gasteiger partial charge in [-0.3, -0.25) is 4.99 Å². The van der Waals surface area contributed by atoms with Crippen LogP contribution in [-0.4, -0.2) is 18.8 Å². The van der Waals surface area contributed by atoms with Crippen LogP contribution in [0.3, 0.4) is 0 Å². The van der Waals surface area contributed by atoms with Gasteiger partial charge in [0, 0.05) is 11.1 Å². The number of nitrogens with zero attached hydrogens (tertiary/aromatic N) is 1. The van der Waals surface area contributed by atoms with Crippen LogP contribution in [-0.2, 0) is 0 Å². The normalized spacial score (nSPS) is 31.3. The third-order valence-corrected chi connectivity index (χ3v) is 3.25. The van der Waals surface area contributed by atoms with Crippen molar-refractivity contribution >= 4 is 5.71 Å². The van der Waals surface area contributed by atoms with Gasteiger partial charge < -0.3 is 5.73 Å². The highest BCUT2D eigenvalue weighted by atomic mass is 14.8. The summed E-state index contributed by atoms with van der Waals surface area (Å²) in [5, 5.41) is 0. The SMILES string of the molecule is C[C@@H]1CCC(=NCC[NH3+])C1(C)C. The van der Waals surface area contributed by atoms with Gasteiger partial charge in [-0.15, -0.1) is 0 Å². The molecule has 1 rings (SSSR count). The molecular formula is C10H21N2+. The number of rotatable bonds is 2. The van der Waals surface area contributed by atoms with Crippen molar-refractivity contribution in [1.29, 1.82) is 0 Å². The van der Waals surface area contributed by atoms with Gasteiger partial charge in [0.1, 0.15) is 0 Å². The lowest BCUT2D eigenvalue weighted by atomic mass is 9.82. The summed E-state index contributed by atoms with van der Waals surface area (Å²) in [4.78, 5) is 4.60. The van der Waals surface area contributed by atoms with Crippen LogP contribution >= 0.6 is 0 Å². The second-order valence-corrected chi connectivity index (χ2v) is 4.34. The van der Waals surface area contributed by atoms with Gasteiger partial charge in [-0.05, 0) is 18.8 Å². The molecule has 0 aromatic rings. The first-order valence-corrected chi connectivity index (χ1v) is 4.92. The highest BCUT2D eigenvalue weighted by Gasteiger charge is 2.36. The van der Waals surface area contributed by atoms with Crippen LogP contribution in [0, 0.1) is 11.3 Å². The molecule has 0 amide bonds. The maximum absolute atomic E-state index is 4.60. The Hall–Kier alpha value is -0.370. The Morgan fingerprint density at radius 2 is 2.25 bits per heavy atom. The molecule has 0 spiro atoms. The van der Waals surface area contributed by atoms with Crippen molar-refractivity contribution in [3.63, 3.8) is 0 Å². The van der Waals surface area contributed by atoms with Crippen molar-refractivity contribution in [1.82, 2.24) is 0 Å². The standard InChI is InChI=1S/C10H20N2/c1-8-4-5-9(10(8,2)3)12-7-6-11/h8H,4-7,11H2,1-3H3/p+1/t8-/m1/s1. The van der Waals surface area contributed by atoms with E-state index < -0.39 is 0 Å². The van der Waals surface area contributed by atoms with Gasteiger partial charge in [0.2, 0.25) is 0 Å². The zero-order chi connectivity index (χ0) is 9.19. The Balaban J connectivity index is 2.67. The first-order valence-electron chi connectivity index (χ1n) is 4.92. The van der Waals surface area contributed by atoms with Crippen LogP contribution in [0.5, 0.6) is 0 Å². The summed E-state index contributed by atoms with van der Waals surface area (Å²) in [5.41, 5.74) is 5.56. The van der Waals surface area contributed by atoms with Gasteiger partial charge in [0.25, 0.3) is 0 Å². The number of hydrogen-bond donors (Lipinski definition) is 1. The molecule has 2 nitrogen and oxygen atoms in total. The molecule has 12 heavy (non-hydrogen) atoms. The molecule has 0 aliphatic heterocycles. The van der Waals surface area contributed by atoms with Crippen molar-refractivity contribution in [2.75, 3.05) is 13.1 Å². The van der Waals surface area contributed by atoms with Crippen molar-refractivity contribution in [2.45, 2.75) is 33.6 Å². The fraction of sp³-hybridized carbons (Fsp3) is 0.900. The maximum atomic E-state index is 4.60. The number of quaternary nitrogens is 1. The molecule has 0 radical (unpaired) electrons. The quantitative estimate of drug-likeness (QED) is 0.643. The molecule has 0 unspecified atom stereocenters. The van der Waals surface area contributed by atoms with Crippen LogP contribution in [0.25, 0.3) is 0 Å². The van der Waals surface area contributed by atoms with Crippen LogP contribution < -0.4 is 5.73 Å². The Morgan fingerprint density at radius 3 is 2.67 bits per heavy atom. The first kappa shape index (κ1) is 9.72. The van der Waals surface area contributed by atoms with E-state index in [0.717, 1.165) is 19.0 Å². The number of aliphatic imine (C=N–C) groups is 1. The summed E-state index contributed by atoms with van der Waals surface area (Å²) >= 11 is 0. The fourth-order valence-corrected chi connectivity index (χ4v) is 1.82. The first-order chi connectivity index (χ1) is 5.59. The average molecular weight is 169 g/mol. The van der Waals surface area contributed by atoms with Crippen molar-refractivity contribution < 1.29 is 5.73 Å². The van der Waals surface area contributed by atoms with E-state index in [-0.39, 0.29) is 0 Å². The molecule has 1 atom stereocenters. The van der Waals surface area contributed by atoms with E-state index in [4.69, 9.17) is 0 Å². The molecule has 0 bridgehead atoms. The summed E-state index contributed by atoms with van der Waals surface area (Å²) in [6.07, 6.45) is 2.51. The van der Waals surface area contributed by atoms with Crippen LogP contribution in [0.1, 0.15) is 33.6 Å². The Labute approximate surface area is 75.3 Å². The van der Waals surface area contributed by atoms with Gasteiger partial charge >= 0.3 is 0 Å². The van der Waals surface area contributed by atoms with E-state index in [2.05, 4.69) is 31.5 Å². The van der Waals surface area contributed by atoms with Gasteiger partial charge in [-0.2, -0.15) is 0 Å². The molecule has 70 valence electrons. The van der Waals surface area contributed by atoms with E-state index in [1.807, 2.05) is 0 Å². The van der Waals surface area contributed by atoms with Crippen LogP contribution in [0.4, 0.5) is 0 Å². The van der Waals surface area contributed by atoms with E-state index in [1.54, 1.807) is 0 Å². The minimum atomic E-state index is 0.342. The van der Waals surface area contributed by atoms with Crippen LogP contribution in [0.15, 0.2) is 4.99 Å². The molecule has 0 saturated heterocycles. The lowest BCUT2D eigenvalue weighted by molar-refractivity contribution is -0.363. The molecule has 1 fully saturated rings. The highest BCUT2D eigenvalue weighted by Crippen LogP contribution is 2.39. The van der Waals surface area contributed by atoms with Crippen molar-refractivity contribution in [2.24, 2.45) is 16.3 Å². The average Bonchev–Trinajstić information content (AvgIpc) is 2.25. The summed E-state index contributed by atoms with van der Waals surface area (Å²) in [6, 6.07) is 0. The van der Waals surface area contributed by atoms with E-state index in [0.29, 0.717) is 5.41 Å². The predicted molar refractivity (Wildman–Crippen MR) is 52.2 cm³/mol. The number of hydrogen-bond acceptors (Lipinski definition) is 1. The minimum Gasteiger partial charge on any atom is -0.356 e. The summed E-state index contributed by atoms with van der Waals surface area (Å²) < 4.78 is 0. The van der Waals surface area contributed by atoms with Crippen LogP contribution in [0.2, 0.25) is 0 Å². The fourth-order valence-electron chi connectivity index (χ4n) is 1.82. The monoisotopic (exact) mass is 169 g/mol. The smallest absolute Gasteiger partial charge is 0.0938 e. The Bertz CT molecular complexity index is 182. The van der Waals surface area contributed by atoms with E-state index in [1.165, 1.54) is 18.6 Å². The van der Waals surface area contributed by atoms with E-state index in [9.17, 15) is 0 Å². The predicted octanol–water partition coefficient (Wildman–Crippen LogP) is 1.13. The van der Waals surface area contributed by atoms with Crippen molar-refractivity contribution in [3.05, 3.63) is 0 Å². The third-order valence-electron chi connectivity index (χ3n) is 3.25. The van der Waals surface area contributed by atoms with E-state index >= 15 is 0 Å². The Kier molecular flexibility index (Phi) is 2.89. The van der Waals surface area contributed by atoms with Gasteiger partial charge in [0.15, 0.2) is 0 Å². The summed E-state index contributed by atoms with van der Waals surface area (Å²) in [6.45, 7) is 8.78. The third kappa shape index (κ3) is 1.69. The maximum Gasteiger partial charge on any atom is 0.0938 e. The lowest BCUT2D eigenvalue weighted by Crippen LogP contribution is -2.51. The lowest BCUT2D eigenvalue weighted by Gasteiger charge is -2.24. The van der Waals surface area contributed by atoms with Gasteiger partial charge in [0.05, 0.1) is 13.1 Å². The topological polar surface area (TPSA) is 40.0 Å². The summed E-state index contributed by atoms with van der Waals surface area (Å²) in [5.74, 6) is 0.793. The molecule has 1 aliphatic carbocycles. The molecule has 0 aromatic heterocycles. The van der Waals surface area contributed by atoms with Gasteiger partial charge in [-0.25, -0.2) is 0 Å². The second kappa shape index (κ2) is 3.56. The summed E-state index contributed by atoms with van der Waals surface area (Å²) in [7, 11) is 0. The molecule has 2 heteroatoms. The molecule has 0 heterocycles. The van der Waals surface area contributed by atoms with Gasteiger partial charge in [-0.1, -0.05) is 20.8 Å². The Morgan fingerprint density at radius 1 is 1.58 bits per heavy atom.